The van der Waals surface area contributed by atoms with Gasteiger partial charge in [-0.3, -0.25) is 14.2 Å². The summed E-state index contributed by atoms with van der Waals surface area (Å²) in [5, 5.41) is 0.459. The maximum Gasteiger partial charge on any atom is 0.344 e. The molecule has 2 aromatic rings. The van der Waals surface area contributed by atoms with E-state index in [-0.39, 0.29) is 24.6 Å². The number of aromatic nitrogens is 2. The summed E-state index contributed by atoms with van der Waals surface area (Å²) in [4.78, 5) is 39.5. The predicted molar refractivity (Wildman–Crippen MR) is 90.5 cm³/mol. The Balaban J connectivity index is 1.96. The van der Waals surface area contributed by atoms with E-state index in [9.17, 15) is 14.4 Å². The predicted octanol–water partition coefficient (Wildman–Crippen LogP) is 2.04. The summed E-state index contributed by atoms with van der Waals surface area (Å²) in [6, 6.07) is 5.22. The first-order valence-corrected chi connectivity index (χ1v) is 8.16. The number of benzene rings is 1. The molecule has 0 radical (unpaired) electrons. The van der Waals surface area contributed by atoms with Gasteiger partial charge in [-0.05, 0) is 32.0 Å². The Morgan fingerprint density at radius 3 is 2.75 bits per heavy atom. The number of nitrogens with zero attached hydrogens (tertiary/aromatic N) is 2. The molecule has 0 aliphatic heterocycles. The van der Waals surface area contributed by atoms with Gasteiger partial charge in [0.25, 0.3) is 5.56 Å². The van der Waals surface area contributed by atoms with Crippen LogP contribution >= 0.6 is 15.9 Å². The molecule has 24 heavy (non-hydrogen) atoms. The highest BCUT2D eigenvalue weighted by atomic mass is 79.9. The van der Waals surface area contributed by atoms with Crippen molar-refractivity contribution in [3.63, 3.8) is 0 Å². The number of rotatable bonds is 6. The summed E-state index contributed by atoms with van der Waals surface area (Å²) in [7, 11) is 0. The van der Waals surface area contributed by atoms with Gasteiger partial charge in [0, 0.05) is 11.0 Å². The van der Waals surface area contributed by atoms with Crippen LogP contribution in [-0.4, -0.2) is 34.2 Å². The Bertz CT molecular complexity index is 816. The molecule has 0 amide bonds. The second kappa shape index (κ2) is 8.05. The van der Waals surface area contributed by atoms with E-state index in [1.165, 1.54) is 10.9 Å². The molecule has 0 fully saturated rings. The topological polar surface area (TPSA) is 87.5 Å². The fourth-order valence-electron chi connectivity index (χ4n) is 2.01. The van der Waals surface area contributed by atoms with E-state index >= 15 is 0 Å². The van der Waals surface area contributed by atoms with Crippen molar-refractivity contribution in [2.75, 3.05) is 6.61 Å². The normalized spacial score (nSPS) is 10.8. The van der Waals surface area contributed by atoms with Crippen molar-refractivity contribution in [2.45, 2.75) is 32.9 Å². The molecule has 1 aromatic heterocycles. The van der Waals surface area contributed by atoms with Crippen LogP contribution in [0.4, 0.5) is 0 Å². The van der Waals surface area contributed by atoms with E-state index in [0.717, 1.165) is 4.47 Å². The molecule has 0 atom stereocenters. The number of hydrogen-bond acceptors (Lipinski definition) is 6. The Morgan fingerprint density at radius 2 is 2.04 bits per heavy atom. The minimum Gasteiger partial charge on any atom is -0.460 e. The Kier molecular flexibility index (Phi) is 6.08. The number of fused-ring (bicyclic) bond motifs is 1. The number of carbonyl (C=O) groups is 2. The van der Waals surface area contributed by atoms with Crippen LogP contribution in [0, 0.1) is 0 Å². The number of esters is 2. The first-order valence-electron chi connectivity index (χ1n) is 7.36. The molecule has 0 bridgehead atoms. The van der Waals surface area contributed by atoms with Crippen molar-refractivity contribution < 1.29 is 19.1 Å². The third-order valence-corrected chi connectivity index (χ3v) is 3.55. The van der Waals surface area contributed by atoms with E-state index in [2.05, 4.69) is 20.9 Å². The van der Waals surface area contributed by atoms with Crippen LogP contribution in [0.3, 0.4) is 0 Å². The van der Waals surface area contributed by atoms with Gasteiger partial charge in [-0.25, -0.2) is 9.78 Å². The molecule has 0 saturated carbocycles. The molecular formula is C16H17BrN2O5. The minimum atomic E-state index is -0.604. The largest absolute Gasteiger partial charge is 0.460 e. The van der Waals surface area contributed by atoms with Gasteiger partial charge in [-0.15, -0.1) is 0 Å². The lowest BCUT2D eigenvalue weighted by Gasteiger charge is -2.09. The van der Waals surface area contributed by atoms with Gasteiger partial charge in [0.15, 0.2) is 6.61 Å². The SMILES string of the molecule is CC(C)OC(=O)COC(=O)CCn1cnc2ccc(Br)cc2c1=O. The van der Waals surface area contributed by atoms with Gasteiger partial charge >= 0.3 is 11.9 Å². The Morgan fingerprint density at radius 1 is 1.29 bits per heavy atom. The van der Waals surface area contributed by atoms with Crippen LogP contribution in [0.15, 0.2) is 33.8 Å². The summed E-state index contributed by atoms with van der Waals surface area (Å²) >= 11 is 3.31. The van der Waals surface area contributed by atoms with Crippen LogP contribution in [0.2, 0.25) is 0 Å². The van der Waals surface area contributed by atoms with Gasteiger partial charge in [0.2, 0.25) is 0 Å². The second-order valence-corrected chi connectivity index (χ2v) is 6.27. The fraction of sp³-hybridized carbons (Fsp3) is 0.375. The molecule has 2 rings (SSSR count). The zero-order valence-corrected chi connectivity index (χ0v) is 14.9. The highest BCUT2D eigenvalue weighted by molar-refractivity contribution is 9.10. The molecular weight excluding hydrogens is 380 g/mol. The van der Waals surface area contributed by atoms with Gasteiger partial charge in [0.1, 0.15) is 0 Å². The van der Waals surface area contributed by atoms with Crippen molar-refractivity contribution in [1.82, 2.24) is 9.55 Å². The molecule has 7 nitrogen and oxygen atoms in total. The van der Waals surface area contributed by atoms with Crippen LogP contribution in [-0.2, 0) is 25.6 Å². The quantitative estimate of drug-likeness (QED) is 0.694. The molecule has 0 aliphatic rings. The summed E-state index contributed by atoms with van der Waals surface area (Å²) in [5.74, 6) is -1.19. The highest BCUT2D eigenvalue weighted by Gasteiger charge is 2.11. The van der Waals surface area contributed by atoms with Gasteiger partial charge in [0.05, 0.1) is 29.8 Å². The number of carbonyl (C=O) groups excluding carboxylic acids is 2. The standard InChI is InChI=1S/C16H17BrN2O5/c1-10(2)24-15(21)8-23-14(20)5-6-19-9-18-13-4-3-11(17)7-12(13)16(19)22/h3-4,7,9-10H,5-6,8H2,1-2H3. The average Bonchev–Trinajstić information content (AvgIpc) is 2.52. The van der Waals surface area contributed by atoms with Crippen LogP contribution in [0.1, 0.15) is 20.3 Å². The molecule has 0 saturated heterocycles. The lowest BCUT2D eigenvalue weighted by Crippen LogP contribution is -2.24. The van der Waals surface area contributed by atoms with Gasteiger partial charge in [-0.1, -0.05) is 15.9 Å². The first-order chi connectivity index (χ1) is 11.4. The molecule has 0 aliphatic carbocycles. The molecule has 1 heterocycles. The first kappa shape index (κ1) is 18.1. The van der Waals surface area contributed by atoms with E-state index in [0.29, 0.717) is 10.9 Å². The number of ether oxygens (including phenoxy) is 2. The highest BCUT2D eigenvalue weighted by Crippen LogP contribution is 2.14. The lowest BCUT2D eigenvalue weighted by atomic mass is 10.2. The van der Waals surface area contributed by atoms with Crippen molar-refractivity contribution in [2.24, 2.45) is 0 Å². The molecule has 0 unspecified atom stereocenters. The molecule has 0 N–H and O–H groups in total. The molecule has 8 heteroatoms. The Hall–Kier alpha value is -2.22. The maximum absolute atomic E-state index is 12.4. The van der Waals surface area contributed by atoms with Crippen molar-refractivity contribution in [3.05, 3.63) is 39.4 Å². The Labute approximate surface area is 146 Å². The summed E-state index contributed by atoms with van der Waals surface area (Å²) in [6.07, 6.45) is 1.08. The van der Waals surface area contributed by atoms with E-state index in [1.54, 1.807) is 32.0 Å². The maximum atomic E-state index is 12.4. The summed E-state index contributed by atoms with van der Waals surface area (Å²) < 4.78 is 11.8. The zero-order valence-electron chi connectivity index (χ0n) is 13.3. The van der Waals surface area contributed by atoms with Crippen LogP contribution in [0.25, 0.3) is 10.9 Å². The monoisotopic (exact) mass is 396 g/mol. The van der Waals surface area contributed by atoms with Crippen molar-refractivity contribution >= 4 is 38.8 Å². The van der Waals surface area contributed by atoms with E-state index in [1.807, 2.05) is 0 Å². The lowest BCUT2D eigenvalue weighted by molar-refractivity contribution is -0.161. The van der Waals surface area contributed by atoms with E-state index in [4.69, 9.17) is 9.47 Å². The van der Waals surface area contributed by atoms with Crippen molar-refractivity contribution in [1.29, 1.82) is 0 Å². The number of halogens is 1. The zero-order chi connectivity index (χ0) is 17.7. The third kappa shape index (κ3) is 4.89. The molecule has 1 aromatic carbocycles. The van der Waals surface area contributed by atoms with Crippen LogP contribution < -0.4 is 5.56 Å². The second-order valence-electron chi connectivity index (χ2n) is 5.35. The van der Waals surface area contributed by atoms with E-state index < -0.39 is 18.5 Å². The minimum absolute atomic E-state index is 0.0456. The van der Waals surface area contributed by atoms with Crippen LogP contribution in [0.5, 0.6) is 0 Å². The smallest absolute Gasteiger partial charge is 0.344 e. The summed E-state index contributed by atoms with van der Waals surface area (Å²) in [6.45, 7) is 3.09. The number of hydrogen-bond donors (Lipinski definition) is 0. The third-order valence-electron chi connectivity index (χ3n) is 3.06. The number of aryl methyl sites for hydroxylation is 1. The molecule has 128 valence electrons. The molecule has 0 spiro atoms. The van der Waals surface area contributed by atoms with Crippen molar-refractivity contribution in [3.8, 4) is 0 Å². The fourth-order valence-corrected chi connectivity index (χ4v) is 2.37. The van der Waals surface area contributed by atoms with Gasteiger partial charge < -0.3 is 9.47 Å². The van der Waals surface area contributed by atoms with Gasteiger partial charge in [-0.2, -0.15) is 0 Å². The average molecular weight is 397 g/mol. The summed E-state index contributed by atoms with van der Waals surface area (Å²) in [5.41, 5.74) is 0.340.